The fourth-order valence-corrected chi connectivity index (χ4v) is 1.17. The Morgan fingerprint density at radius 1 is 1.58 bits per heavy atom. The van der Waals surface area contributed by atoms with E-state index in [9.17, 15) is 0 Å². The molecule has 0 amide bonds. The van der Waals surface area contributed by atoms with E-state index in [1.807, 2.05) is 24.4 Å². The molecule has 0 atom stereocenters. The molecule has 0 fully saturated rings. The van der Waals surface area contributed by atoms with E-state index >= 15 is 0 Å². The smallest absolute Gasteiger partial charge is 0.0426 e. The molecule has 1 aliphatic rings. The minimum absolute atomic E-state index is 0.114. The van der Waals surface area contributed by atoms with Crippen molar-refractivity contribution < 1.29 is 0 Å². The van der Waals surface area contributed by atoms with E-state index in [4.69, 9.17) is 0 Å². The van der Waals surface area contributed by atoms with Crippen LogP contribution < -0.4 is 0 Å². The molecule has 0 radical (unpaired) electrons. The summed E-state index contributed by atoms with van der Waals surface area (Å²) in [5.41, 5.74) is 1.24. The third kappa shape index (κ3) is 1.76. The predicted molar refractivity (Wildman–Crippen MR) is 52.9 cm³/mol. The Morgan fingerprint density at radius 3 is 2.92 bits per heavy atom. The van der Waals surface area contributed by atoms with Gasteiger partial charge in [0.1, 0.15) is 0 Å². The summed E-state index contributed by atoms with van der Waals surface area (Å²) in [4.78, 5) is 6.15. The van der Waals surface area contributed by atoms with Crippen LogP contribution in [0.4, 0.5) is 0 Å². The Kier molecular flexibility index (Phi) is 2.36. The highest BCUT2D eigenvalue weighted by molar-refractivity contribution is 5.60. The van der Waals surface area contributed by atoms with Crippen LogP contribution in [-0.4, -0.2) is 18.2 Å². The Bertz CT molecular complexity index is 236. The van der Waals surface area contributed by atoms with Crippen LogP contribution in [0.3, 0.4) is 0 Å². The molecule has 2 nitrogen and oxygen atoms in total. The number of aliphatic imine (C=N–C) groups is 1. The number of allylic oxidation sites excluding steroid dienone is 1. The lowest BCUT2D eigenvalue weighted by atomic mass is 9.86. The molecule has 0 unspecified atom stereocenters. The summed E-state index contributed by atoms with van der Waals surface area (Å²) in [5.74, 6) is 0. The fourth-order valence-electron chi connectivity index (χ4n) is 1.17. The van der Waals surface area contributed by atoms with Gasteiger partial charge < -0.3 is 4.90 Å². The zero-order chi connectivity index (χ0) is 9.19. The van der Waals surface area contributed by atoms with Gasteiger partial charge in [0.25, 0.3) is 0 Å². The first kappa shape index (κ1) is 9.04. The summed E-state index contributed by atoms with van der Waals surface area (Å²) in [7, 11) is 2.00. The quantitative estimate of drug-likeness (QED) is 0.537. The van der Waals surface area contributed by atoms with Gasteiger partial charge in [0.05, 0.1) is 0 Å². The summed E-state index contributed by atoms with van der Waals surface area (Å²) in [6.45, 7) is 8.42. The lowest BCUT2D eigenvalue weighted by molar-refractivity contribution is 0.358. The highest BCUT2D eigenvalue weighted by Gasteiger charge is 2.23. The molecule has 0 bridgehead atoms. The molecule has 1 rings (SSSR count). The van der Waals surface area contributed by atoms with E-state index in [1.54, 1.807) is 6.20 Å². The van der Waals surface area contributed by atoms with Crippen LogP contribution in [0, 0.1) is 5.41 Å². The monoisotopic (exact) mass is 164 g/mol. The van der Waals surface area contributed by atoms with Crippen LogP contribution in [0.5, 0.6) is 0 Å². The molecule has 66 valence electrons. The number of rotatable bonds is 0. The first-order valence-corrected chi connectivity index (χ1v) is 4.14. The van der Waals surface area contributed by atoms with Gasteiger partial charge in [0.2, 0.25) is 0 Å². The molecular weight excluding hydrogens is 148 g/mol. The van der Waals surface area contributed by atoms with Gasteiger partial charge in [-0.05, 0) is 6.42 Å². The van der Waals surface area contributed by atoms with Gasteiger partial charge in [0, 0.05) is 36.8 Å². The Hall–Kier alpha value is -1.05. The fraction of sp³-hybridized carbons (Fsp3) is 0.500. The van der Waals surface area contributed by atoms with Crippen molar-refractivity contribution in [3.8, 4) is 0 Å². The highest BCUT2D eigenvalue weighted by Crippen LogP contribution is 2.30. The molecule has 0 saturated heterocycles. The molecule has 0 spiro atoms. The molecule has 0 aromatic carbocycles. The number of nitrogens with zero attached hydrogens (tertiary/aromatic N) is 2. The predicted octanol–water partition coefficient (Wildman–Crippen LogP) is 2.40. The van der Waals surface area contributed by atoms with E-state index < -0.39 is 0 Å². The Morgan fingerprint density at radius 2 is 2.25 bits per heavy atom. The summed E-state index contributed by atoms with van der Waals surface area (Å²) >= 11 is 0. The maximum Gasteiger partial charge on any atom is 0.0426 e. The summed E-state index contributed by atoms with van der Waals surface area (Å²) in [6.07, 6.45) is 6.61. The van der Waals surface area contributed by atoms with E-state index in [-0.39, 0.29) is 5.41 Å². The summed E-state index contributed by atoms with van der Waals surface area (Å²) in [5, 5.41) is 0. The number of hydrogen-bond acceptors (Lipinski definition) is 2. The second-order valence-electron chi connectivity index (χ2n) is 3.78. The Labute approximate surface area is 74.3 Å². The van der Waals surface area contributed by atoms with Gasteiger partial charge in [0.15, 0.2) is 0 Å². The summed E-state index contributed by atoms with van der Waals surface area (Å²) in [6, 6.07) is 0. The molecule has 2 heteroatoms. The van der Waals surface area contributed by atoms with Gasteiger partial charge in [-0.2, -0.15) is 0 Å². The number of hydrogen-bond donors (Lipinski definition) is 0. The van der Waals surface area contributed by atoms with Crippen LogP contribution >= 0.6 is 0 Å². The van der Waals surface area contributed by atoms with Gasteiger partial charge in [-0.15, -0.1) is 0 Å². The van der Waals surface area contributed by atoms with Crippen molar-refractivity contribution in [1.29, 1.82) is 0 Å². The van der Waals surface area contributed by atoms with Gasteiger partial charge in [-0.25, -0.2) is 0 Å². The highest BCUT2D eigenvalue weighted by atomic mass is 15.1. The molecule has 12 heavy (non-hydrogen) atoms. The zero-order valence-corrected chi connectivity index (χ0v) is 8.04. The Balaban J connectivity index is 2.90. The largest absolute Gasteiger partial charge is 0.353 e. The van der Waals surface area contributed by atoms with Crippen LogP contribution in [0.1, 0.15) is 20.3 Å². The van der Waals surface area contributed by atoms with Crippen molar-refractivity contribution in [2.45, 2.75) is 20.3 Å². The average Bonchev–Trinajstić information content (AvgIpc) is 2.00. The molecule has 0 N–H and O–H groups in total. The molecule has 0 aliphatic carbocycles. The van der Waals surface area contributed by atoms with Crippen molar-refractivity contribution in [2.24, 2.45) is 10.4 Å². The average molecular weight is 164 g/mol. The first-order chi connectivity index (χ1) is 5.54. The van der Waals surface area contributed by atoms with Crippen LogP contribution in [-0.2, 0) is 0 Å². The lowest BCUT2D eigenvalue weighted by Crippen LogP contribution is -2.25. The molecular formula is C10H16N2. The van der Waals surface area contributed by atoms with E-state index in [0.717, 1.165) is 12.1 Å². The molecule has 1 aliphatic heterocycles. The SMILES string of the molecule is C=C1N(C)/C=C\N=CCC1(C)C. The molecule has 0 aromatic rings. The molecule has 1 heterocycles. The van der Waals surface area contributed by atoms with Crippen LogP contribution in [0.2, 0.25) is 0 Å². The third-order valence-corrected chi connectivity index (χ3v) is 2.29. The van der Waals surface area contributed by atoms with E-state index in [2.05, 4.69) is 25.4 Å². The van der Waals surface area contributed by atoms with Crippen LogP contribution in [0.25, 0.3) is 0 Å². The van der Waals surface area contributed by atoms with Crippen molar-refractivity contribution >= 4 is 6.21 Å². The van der Waals surface area contributed by atoms with Crippen molar-refractivity contribution in [3.63, 3.8) is 0 Å². The first-order valence-electron chi connectivity index (χ1n) is 4.14. The minimum Gasteiger partial charge on any atom is -0.353 e. The standard InChI is InChI=1S/C10H16N2/c1-9-10(2,3)5-6-11-7-8-12(9)4/h6-8H,1,5H2,2-4H3/b8-7-,11-6?. The van der Waals surface area contributed by atoms with Crippen molar-refractivity contribution in [1.82, 2.24) is 4.90 Å². The summed E-state index contributed by atoms with van der Waals surface area (Å²) < 4.78 is 0. The second kappa shape index (κ2) is 3.13. The van der Waals surface area contributed by atoms with Crippen molar-refractivity contribution in [3.05, 3.63) is 24.7 Å². The van der Waals surface area contributed by atoms with Gasteiger partial charge in [-0.1, -0.05) is 20.4 Å². The topological polar surface area (TPSA) is 15.6 Å². The molecule has 0 saturated carbocycles. The zero-order valence-electron chi connectivity index (χ0n) is 8.04. The maximum absolute atomic E-state index is 4.12. The van der Waals surface area contributed by atoms with Gasteiger partial charge >= 0.3 is 0 Å². The second-order valence-corrected chi connectivity index (χ2v) is 3.78. The van der Waals surface area contributed by atoms with E-state index in [0.29, 0.717) is 0 Å². The van der Waals surface area contributed by atoms with Crippen molar-refractivity contribution in [2.75, 3.05) is 7.05 Å². The van der Waals surface area contributed by atoms with Gasteiger partial charge in [-0.3, -0.25) is 4.99 Å². The maximum atomic E-state index is 4.12. The molecule has 0 aromatic heterocycles. The lowest BCUT2D eigenvalue weighted by Gasteiger charge is -2.32. The third-order valence-electron chi connectivity index (χ3n) is 2.29. The minimum atomic E-state index is 0.114. The van der Waals surface area contributed by atoms with Crippen LogP contribution in [0.15, 0.2) is 29.7 Å². The van der Waals surface area contributed by atoms with E-state index in [1.165, 1.54) is 0 Å². The normalized spacial score (nSPS) is 24.9.